The summed E-state index contributed by atoms with van der Waals surface area (Å²) in [6.45, 7) is 2.74. The molecule has 0 aliphatic carbocycles. The Labute approximate surface area is 156 Å². The Morgan fingerprint density at radius 3 is 2.89 bits per heavy atom. The van der Waals surface area contributed by atoms with Crippen LogP contribution in [0.5, 0.6) is 0 Å². The molecule has 4 heterocycles. The lowest BCUT2D eigenvalue weighted by molar-refractivity contribution is 0.0811. The van der Waals surface area contributed by atoms with Crippen LogP contribution in [0.1, 0.15) is 13.3 Å². The summed E-state index contributed by atoms with van der Waals surface area (Å²) in [5.41, 5.74) is 0.388. The number of aromatic amines is 1. The van der Waals surface area contributed by atoms with E-state index < -0.39 is 16.5 Å². The molecule has 9 heteroatoms. The van der Waals surface area contributed by atoms with E-state index in [4.69, 9.17) is 0 Å². The van der Waals surface area contributed by atoms with E-state index in [1.54, 1.807) is 23.3 Å². The van der Waals surface area contributed by atoms with E-state index in [1.807, 2.05) is 17.3 Å². The molecule has 3 aromatic heterocycles. The minimum Gasteiger partial charge on any atom is -0.346 e. The number of nitrogens with one attached hydrogen (secondary N) is 1. The molecule has 1 N–H and O–H groups in total. The molecule has 8 nitrogen and oxygen atoms in total. The number of nitriles is 1. The number of fused-ring (bicyclic) bond motifs is 2. The molecule has 1 fully saturated rings. The molecule has 0 radical (unpaired) electrons. The average molecular weight is 380 g/mol. The molecular formula is C18H16N6O2S. The summed E-state index contributed by atoms with van der Waals surface area (Å²) in [4.78, 5) is 20.6. The van der Waals surface area contributed by atoms with Gasteiger partial charge < -0.3 is 4.98 Å². The molecule has 0 saturated carbocycles. The number of pyridine rings is 1. The average Bonchev–Trinajstić information content (AvgIpc) is 3.27. The highest BCUT2D eigenvalue weighted by atomic mass is 32.2. The second-order valence-corrected chi connectivity index (χ2v) is 8.64. The first-order valence-corrected chi connectivity index (χ1v) is 9.97. The van der Waals surface area contributed by atoms with Gasteiger partial charge in [0.15, 0.2) is 0 Å². The number of hydrogen-bond acceptors (Lipinski definition) is 5. The van der Waals surface area contributed by atoms with Gasteiger partial charge in [-0.1, -0.05) is 6.92 Å². The molecule has 136 valence electrons. The zero-order chi connectivity index (χ0) is 18.8. The standard InChI is InChI=1S/C18H16N6O2S/c1-2-27(26)23-9-18(10-23,4-5-19)24-15-12(8-22-24)11-3-6-20-17-14(11)13(7-21-17)16(15)25/h3,6-8H,2,4,9-10H2,1H3,(H,20,21). The first-order chi connectivity index (χ1) is 13.1. The van der Waals surface area contributed by atoms with Gasteiger partial charge >= 0.3 is 0 Å². The van der Waals surface area contributed by atoms with Crippen molar-refractivity contribution in [1.29, 1.82) is 5.26 Å². The summed E-state index contributed by atoms with van der Waals surface area (Å²) in [5.74, 6) is 0.528. The van der Waals surface area contributed by atoms with Crippen LogP contribution in [-0.2, 0) is 16.5 Å². The molecule has 0 bridgehead atoms. The summed E-state index contributed by atoms with van der Waals surface area (Å²) >= 11 is 0. The summed E-state index contributed by atoms with van der Waals surface area (Å²) in [6, 6.07) is 4.13. The van der Waals surface area contributed by atoms with E-state index >= 15 is 0 Å². The molecular weight excluding hydrogens is 364 g/mol. The number of benzene rings is 1. The molecule has 0 amide bonds. The minimum atomic E-state index is -1.08. The van der Waals surface area contributed by atoms with Gasteiger partial charge in [0.05, 0.1) is 35.1 Å². The maximum Gasteiger partial charge on any atom is 0.214 e. The van der Waals surface area contributed by atoms with E-state index in [0.717, 1.165) is 16.2 Å². The number of aromatic nitrogens is 4. The van der Waals surface area contributed by atoms with Crippen LogP contribution in [0.25, 0.3) is 32.7 Å². The highest BCUT2D eigenvalue weighted by Gasteiger charge is 2.48. The molecule has 1 aliphatic rings. The highest BCUT2D eigenvalue weighted by molar-refractivity contribution is 7.82. The molecule has 1 atom stereocenters. The highest BCUT2D eigenvalue weighted by Crippen LogP contribution is 2.37. The predicted molar refractivity (Wildman–Crippen MR) is 103 cm³/mol. The van der Waals surface area contributed by atoms with Gasteiger partial charge in [0.1, 0.15) is 16.7 Å². The lowest BCUT2D eigenvalue weighted by Crippen LogP contribution is -2.63. The zero-order valence-corrected chi connectivity index (χ0v) is 15.4. The van der Waals surface area contributed by atoms with Crippen LogP contribution in [0, 0.1) is 11.3 Å². The van der Waals surface area contributed by atoms with Crippen LogP contribution in [0.4, 0.5) is 0 Å². The maximum atomic E-state index is 13.2. The molecule has 5 rings (SSSR count). The van der Waals surface area contributed by atoms with Crippen molar-refractivity contribution in [3.8, 4) is 6.07 Å². The third kappa shape index (κ3) is 2.05. The fraction of sp³-hybridized carbons (Fsp3) is 0.333. The molecule has 0 spiro atoms. The van der Waals surface area contributed by atoms with Gasteiger partial charge in [-0.25, -0.2) is 13.5 Å². The van der Waals surface area contributed by atoms with E-state index in [0.29, 0.717) is 35.4 Å². The van der Waals surface area contributed by atoms with E-state index in [2.05, 4.69) is 21.1 Å². The normalized spacial score (nSPS) is 18.1. The van der Waals surface area contributed by atoms with Crippen LogP contribution in [0.3, 0.4) is 0 Å². The van der Waals surface area contributed by atoms with Crippen molar-refractivity contribution in [2.75, 3.05) is 18.8 Å². The second-order valence-electron chi connectivity index (χ2n) is 6.90. The first-order valence-electron chi connectivity index (χ1n) is 8.69. The smallest absolute Gasteiger partial charge is 0.214 e. The fourth-order valence-electron chi connectivity index (χ4n) is 4.11. The largest absolute Gasteiger partial charge is 0.346 e. The predicted octanol–water partition coefficient (Wildman–Crippen LogP) is 1.47. The van der Waals surface area contributed by atoms with Gasteiger partial charge in [-0.2, -0.15) is 10.4 Å². The van der Waals surface area contributed by atoms with E-state index in [-0.39, 0.29) is 11.8 Å². The Bertz CT molecular complexity index is 1310. The number of nitrogens with zero attached hydrogens (tertiary/aromatic N) is 5. The third-order valence-electron chi connectivity index (χ3n) is 5.42. The minimum absolute atomic E-state index is 0.135. The van der Waals surface area contributed by atoms with Crippen molar-refractivity contribution < 1.29 is 4.21 Å². The monoisotopic (exact) mass is 380 g/mol. The summed E-state index contributed by atoms with van der Waals surface area (Å²) in [7, 11) is -1.08. The number of rotatable bonds is 4. The van der Waals surface area contributed by atoms with Crippen LogP contribution in [0.2, 0.25) is 0 Å². The van der Waals surface area contributed by atoms with Crippen molar-refractivity contribution in [2.45, 2.75) is 18.9 Å². The topological polar surface area (TPSA) is 108 Å². The first kappa shape index (κ1) is 16.4. The van der Waals surface area contributed by atoms with Gasteiger partial charge in [-0.15, -0.1) is 0 Å². The molecule has 1 aliphatic heterocycles. The quantitative estimate of drug-likeness (QED) is 0.577. The van der Waals surface area contributed by atoms with Gasteiger partial charge in [0.2, 0.25) is 5.43 Å². The second kappa shape index (κ2) is 5.58. The van der Waals surface area contributed by atoms with Crippen LogP contribution in [-0.4, -0.2) is 47.1 Å². The third-order valence-corrected chi connectivity index (χ3v) is 6.75. The van der Waals surface area contributed by atoms with Crippen LogP contribution >= 0.6 is 0 Å². The lowest BCUT2D eigenvalue weighted by Gasteiger charge is -2.48. The van der Waals surface area contributed by atoms with E-state index in [9.17, 15) is 14.3 Å². The molecule has 4 aromatic rings. The Morgan fingerprint density at radius 2 is 2.15 bits per heavy atom. The maximum absolute atomic E-state index is 13.2. The zero-order valence-electron chi connectivity index (χ0n) is 14.6. The van der Waals surface area contributed by atoms with Crippen LogP contribution < -0.4 is 5.43 Å². The molecule has 1 aromatic carbocycles. The molecule has 1 unspecified atom stereocenters. The summed E-state index contributed by atoms with van der Waals surface area (Å²) in [6.07, 6.45) is 5.28. The number of H-pyrrole nitrogens is 1. The molecule has 1 saturated heterocycles. The lowest BCUT2D eigenvalue weighted by atomic mass is 9.89. The van der Waals surface area contributed by atoms with Gasteiger partial charge in [-0.05, 0) is 11.5 Å². The van der Waals surface area contributed by atoms with E-state index in [1.165, 1.54) is 0 Å². The Hall–Kier alpha value is -2.83. The summed E-state index contributed by atoms with van der Waals surface area (Å²) in [5, 5.41) is 16.9. The SMILES string of the molecule is CCS(=O)N1CC(CC#N)(n2ncc3c4cc[nH]c5ncc(c(=O)c32)c54)C1. The van der Waals surface area contributed by atoms with Crippen LogP contribution in [0.15, 0.2) is 29.5 Å². The summed E-state index contributed by atoms with van der Waals surface area (Å²) < 4.78 is 15.6. The van der Waals surface area contributed by atoms with Gasteiger partial charge in [0.25, 0.3) is 0 Å². The van der Waals surface area contributed by atoms with Crippen molar-refractivity contribution >= 4 is 43.7 Å². The molecule has 27 heavy (non-hydrogen) atoms. The van der Waals surface area contributed by atoms with Gasteiger partial charge in [-0.3, -0.25) is 9.48 Å². The van der Waals surface area contributed by atoms with Crippen molar-refractivity contribution in [3.05, 3.63) is 34.9 Å². The Morgan fingerprint density at radius 1 is 1.33 bits per heavy atom. The Balaban J connectivity index is 1.77. The van der Waals surface area contributed by atoms with Gasteiger partial charge in [0, 0.05) is 42.0 Å². The van der Waals surface area contributed by atoms with Crippen molar-refractivity contribution in [3.63, 3.8) is 0 Å². The Kier molecular flexibility index (Phi) is 3.38. The van der Waals surface area contributed by atoms with Crippen molar-refractivity contribution in [2.24, 2.45) is 0 Å². The fourth-order valence-corrected chi connectivity index (χ4v) is 5.24. The number of hydrogen-bond donors (Lipinski definition) is 1. The van der Waals surface area contributed by atoms with Crippen molar-refractivity contribution in [1.82, 2.24) is 24.1 Å².